The second kappa shape index (κ2) is 14.7. The van der Waals surface area contributed by atoms with Crippen molar-refractivity contribution in [2.45, 2.75) is 24.7 Å². The van der Waals surface area contributed by atoms with E-state index in [2.05, 4.69) is 266 Å². The van der Waals surface area contributed by atoms with Crippen molar-refractivity contribution in [2.24, 2.45) is 0 Å². The van der Waals surface area contributed by atoms with Gasteiger partial charge in [0.25, 0.3) is 0 Å². The molecule has 13 rings (SSSR count). The van der Waals surface area contributed by atoms with Gasteiger partial charge < -0.3 is 9.47 Å². The van der Waals surface area contributed by atoms with Crippen molar-refractivity contribution in [1.29, 1.82) is 0 Å². The lowest BCUT2D eigenvalue weighted by Crippen LogP contribution is -2.35. The number of para-hydroxylation sites is 2. The maximum absolute atomic E-state index is 2.52. The molecule has 0 spiro atoms. The van der Waals surface area contributed by atoms with Crippen molar-refractivity contribution in [2.75, 3.05) is 4.90 Å². The summed E-state index contributed by atoms with van der Waals surface area (Å²) < 4.78 is 2.52. The molecule has 2 heteroatoms. The number of hydrogen-bond acceptors (Lipinski definition) is 1. The Balaban J connectivity index is 1.01. The molecule has 10 aromatic carbocycles. The molecule has 2 aliphatic rings. The molecule has 312 valence electrons. The van der Waals surface area contributed by atoms with Crippen LogP contribution in [0, 0.1) is 0 Å². The first kappa shape index (κ1) is 38.3. The van der Waals surface area contributed by atoms with Gasteiger partial charge in [0.05, 0.1) is 22.1 Å². The summed E-state index contributed by atoms with van der Waals surface area (Å²) >= 11 is 0. The van der Waals surface area contributed by atoms with Crippen LogP contribution < -0.4 is 4.90 Å². The molecule has 11 aromatic rings. The van der Waals surface area contributed by atoms with Crippen LogP contribution in [0.5, 0.6) is 0 Å². The predicted molar refractivity (Wildman–Crippen MR) is 276 cm³/mol. The molecule has 0 saturated carbocycles. The summed E-state index contributed by atoms with van der Waals surface area (Å²) in [6.45, 7) is 4.72. The summed E-state index contributed by atoms with van der Waals surface area (Å²) in [5.74, 6) is 0. The van der Waals surface area contributed by atoms with Gasteiger partial charge in [0.15, 0.2) is 0 Å². The standard InChI is InChI=1S/C64H46N2/c1-63(2)56-26-14-12-24-52(56)53-39-38-51(42-58(53)63)65(49-34-30-44(31-35-49)43-18-6-3-7-19-43)50-36-32-45(33-37-50)46-40-55-54-25-13-16-28-60(54)66-61-29-17-15-27-57(61)64(59(41-46)62(55)66,47-20-8-4-9-21-47)48-22-10-5-11-23-48/h3-42H,1-2H3. The van der Waals surface area contributed by atoms with Gasteiger partial charge >= 0.3 is 0 Å². The smallest absolute Gasteiger partial charge is 0.0742 e. The number of fused-ring (bicyclic) bond motifs is 8. The van der Waals surface area contributed by atoms with Gasteiger partial charge in [-0.2, -0.15) is 0 Å². The van der Waals surface area contributed by atoms with E-state index < -0.39 is 5.41 Å². The Labute approximate surface area is 386 Å². The fraction of sp³-hybridized carbons (Fsp3) is 0.0625. The van der Waals surface area contributed by atoms with Gasteiger partial charge in [-0.3, -0.25) is 0 Å². The van der Waals surface area contributed by atoms with Crippen LogP contribution in [0.2, 0.25) is 0 Å². The Morgan fingerprint density at radius 1 is 0.348 bits per heavy atom. The summed E-state index contributed by atoms with van der Waals surface area (Å²) in [6.07, 6.45) is 0. The van der Waals surface area contributed by atoms with Crippen LogP contribution >= 0.6 is 0 Å². The van der Waals surface area contributed by atoms with Crippen molar-refractivity contribution >= 4 is 38.9 Å². The summed E-state index contributed by atoms with van der Waals surface area (Å²) in [5.41, 5.74) is 21.6. The van der Waals surface area contributed by atoms with Crippen molar-refractivity contribution in [3.63, 3.8) is 0 Å². The third-order valence-electron chi connectivity index (χ3n) is 14.7. The fourth-order valence-electron chi connectivity index (χ4n) is 11.6. The quantitative estimate of drug-likeness (QED) is 0.155. The number of hydrogen-bond donors (Lipinski definition) is 0. The highest BCUT2D eigenvalue weighted by Crippen LogP contribution is 2.56. The average Bonchev–Trinajstić information content (AvgIpc) is 3.84. The Kier molecular flexibility index (Phi) is 8.51. The molecule has 2 nitrogen and oxygen atoms in total. The van der Waals surface area contributed by atoms with E-state index in [0.29, 0.717) is 0 Å². The van der Waals surface area contributed by atoms with Gasteiger partial charge in [0.1, 0.15) is 0 Å². The van der Waals surface area contributed by atoms with Crippen molar-refractivity contribution < 1.29 is 0 Å². The van der Waals surface area contributed by atoms with E-state index in [0.717, 1.165) is 17.1 Å². The zero-order valence-electron chi connectivity index (χ0n) is 37.0. The first-order chi connectivity index (χ1) is 32.5. The third-order valence-corrected chi connectivity index (χ3v) is 14.7. The molecular formula is C64H46N2. The molecule has 0 bridgehead atoms. The molecule has 0 fully saturated rings. The van der Waals surface area contributed by atoms with Crippen molar-refractivity contribution in [3.8, 4) is 39.1 Å². The summed E-state index contributed by atoms with van der Waals surface area (Å²) in [5, 5.41) is 2.51. The molecule has 0 atom stereocenters. The van der Waals surface area contributed by atoms with E-state index in [-0.39, 0.29) is 5.41 Å². The molecule has 0 radical (unpaired) electrons. The summed E-state index contributed by atoms with van der Waals surface area (Å²) in [6, 6.07) is 90.1. The molecule has 66 heavy (non-hydrogen) atoms. The van der Waals surface area contributed by atoms with Crippen LogP contribution in [0.4, 0.5) is 17.1 Å². The van der Waals surface area contributed by atoms with Crippen LogP contribution in [0.25, 0.3) is 60.9 Å². The third kappa shape index (κ3) is 5.55. The number of anilines is 3. The minimum absolute atomic E-state index is 0.119. The van der Waals surface area contributed by atoms with Crippen LogP contribution in [-0.4, -0.2) is 4.57 Å². The lowest BCUT2D eigenvalue weighted by Gasteiger charge is -2.42. The normalized spacial score (nSPS) is 13.8. The summed E-state index contributed by atoms with van der Waals surface area (Å²) in [4.78, 5) is 2.42. The van der Waals surface area contributed by atoms with Crippen LogP contribution in [-0.2, 0) is 10.8 Å². The maximum Gasteiger partial charge on any atom is 0.0742 e. The number of rotatable bonds is 7. The van der Waals surface area contributed by atoms with Crippen LogP contribution in [0.3, 0.4) is 0 Å². The van der Waals surface area contributed by atoms with E-state index >= 15 is 0 Å². The van der Waals surface area contributed by atoms with Crippen molar-refractivity contribution in [3.05, 3.63) is 276 Å². The zero-order chi connectivity index (χ0) is 44.0. The van der Waals surface area contributed by atoms with Gasteiger partial charge in [-0.05, 0) is 127 Å². The Morgan fingerprint density at radius 2 is 0.864 bits per heavy atom. The fourth-order valence-corrected chi connectivity index (χ4v) is 11.6. The molecule has 0 N–H and O–H groups in total. The van der Waals surface area contributed by atoms with E-state index in [1.54, 1.807) is 0 Å². The molecule has 1 aliphatic carbocycles. The van der Waals surface area contributed by atoms with Crippen molar-refractivity contribution in [1.82, 2.24) is 4.57 Å². The molecule has 1 aromatic heterocycles. The molecule has 1 aliphatic heterocycles. The van der Waals surface area contributed by atoms with E-state index in [1.807, 2.05) is 0 Å². The lowest BCUT2D eigenvalue weighted by atomic mass is 9.63. The van der Waals surface area contributed by atoms with E-state index in [4.69, 9.17) is 0 Å². The molecule has 0 amide bonds. The second-order valence-corrected chi connectivity index (χ2v) is 18.5. The second-order valence-electron chi connectivity index (χ2n) is 18.5. The van der Waals surface area contributed by atoms with Gasteiger partial charge in [-0.1, -0.05) is 196 Å². The minimum atomic E-state index is -0.568. The molecule has 2 heterocycles. The first-order valence-corrected chi connectivity index (χ1v) is 23.1. The number of benzene rings is 10. The van der Waals surface area contributed by atoms with Crippen LogP contribution in [0.1, 0.15) is 47.2 Å². The molecule has 0 unspecified atom stereocenters. The number of nitrogens with zero attached hydrogens (tertiary/aromatic N) is 2. The summed E-state index contributed by atoms with van der Waals surface area (Å²) in [7, 11) is 0. The SMILES string of the molecule is CC1(C)c2ccccc2-c2ccc(N(c3ccc(-c4ccccc4)cc3)c3ccc(-c4cc5c6c(c4)c4ccccc4n6-c4ccccc4C5(c4ccccc4)c4ccccc4)cc3)cc21. The highest BCUT2D eigenvalue weighted by Gasteiger charge is 2.45. The van der Waals surface area contributed by atoms with E-state index in [9.17, 15) is 0 Å². The van der Waals surface area contributed by atoms with E-state index in [1.165, 1.54) is 94.3 Å². The lowest BCUT2D eigenvalue weighted by molar-refractivity contribution is 0.660. The van der Waals surface area contributed by atoms with Gasteiger partial charge in [0, 0.05) is 33.2 Å². The zero-order valence-corrected chi connectivity index (χ0v) is 37.0. The topological polar surface area (TPSA) is 8.17 Å². The monoisotopic (exact) mass is 842 g/mol. The average molecular weight is 843 g/mol. The Hall–Kier alpha value is -8.20. The predicted octanol–water partition coefficient (Wildman–Crippen LogP) is 16.6. The Morgan fingerprint density at radius 3 is 1.55 bits per heavy atom. The first-order valence-electron chi connectivity index (χ1n) is 23.1. The minimum Gasteiger partial charge on any atom is -0.310 e. The highest BCUT2D eigenvalue weighted by atomic mass is 15.1. The maximum atomic E-state index is 2.52. The van der Waals surface area contributed by atoms with Gasteiger partial charge in [0.2, 0.25) is 0 Å². The molecular weight excluding hydrogens is 797 g/mol. The number of aromatic nitrogens is 1. The van der Waals surface area contributed by atoms with Gasteiger partial charge in [-0.15, -0.1) is 0 Å². The largest absolute Gasteiger partial charge is 0.310 e. The highest BCUT2D eigenvalue weighted by molar-refractivity contribution is 6.13. The van der Waals surface area contributed by atoms with Crippen LogP contribution in [0.15, 0.2) is 243 Å². The Bertz CT molecular complexity index is 3600. The van der Waals surface area contributed by atoms with Gasteiger partial charge in [-0.25, -0.2) is 0 Å². The molecule has 0 saturated heterocycles.